The van der Waals surface area contributed by atoms with E-state index in [4.69, 9.17) is 23.2 Å². The Labute approximate surface area is 178 Å². The number of carbonyl (C=O) groups excluding carboxylic acids is 1. The highest BCUT2D eigenvalue weighted by Crippen LogP contribution is 2.21. The van der Waals surface area contributed by atoms with E-state index in [1.807, 2.05) is 4.90 Å². The Bertz CT molecular complexity index is 912. The molecule has 1 amide bonds. The van der Waals surface area contributed by atoms with E-state index in [1.165, 1.54) is 11.3 Å². The van der Waals surface area contributed by atoms with Crippen LogP contribution in [0.15, 0.2) is 39.9 Å². The number of amides is 1. The van der Waals surface area contributed by atoms with E-state index in [0.29, 0.717) is 46.7 Å². The van der Waals surface area contributed by atoms with Crippen molar-refractivity contribution >= 4 is 50.5 Å². The van der Waals surface area contributed by atoms with Crippen LogP contribution in [0.1, 0.15) is 18.4 Å². The molecule has 28 heavy (non-hydrogen) atoms. The van der Waals surface area contributed by atoms with Gasteiger partial charge in [-0.3, -0.25) is 9.69 Å². The summed E-state index contributed by atoms with van der Waals surface area (Å²) in [4.78, 5) is 14.2. The zero-order chi connectivity index (χ0) is 20.1. The Morgan fingerprint density at radius 3 is 2.61 bits per heavy atom. The van der Waals surface area contributed by atoms with Crippen LogP contribution in [0.3, 0.4) is 0 Å². The number of benzene rings is 1. The summed E-state index contributed by atoms with van der Waals surface area (Å²) < 4.78 is 27.7. The van der Waals surface area contributed by atoms with Crippen LogP contribution in [-0.4, -0.2) is 44.9 Å². The van der Waals surface area contributed by atoms with E-state index >= 15 is 0 Å². The van der Waals surface area contributed by atoms with E-state index in [1.54, 1.807) is 35.7 Å². The Morgan fingerprint density at radius 2 is 1.96 bits per heavy atom. The van der Waals surface area contributed by atoms with E-state index in [0.717, 1.165) is 5.56 Å². The van der Waals surface area contributed by atoms with Crippen molar-refractivity contribution < 1.29 is 13.2 Å². The lowest BCUT2D eigenvalue weighted by atomic mass is 10.1. The van der Waals surface area contributed by atoms with Crippen LogP contribution in [0.5, 0.6) is 0 Å². The van der Waals surface area contributed by atoms with E-state index in [2.05, 4.69) is 10.0 Å². The number of nitrogens with zero attached hydrogens (tertiary/aromatic N) is 1. The van der Waals surface area contributed by atoms with Crippen LogP contribution in [0, 0.1) is 0 Å². The minimum atomic E-state index is -3.45. The van der Waals surface area contributed by atoms with E-state index in [-0.39, 0.29) is 18.5 Å². The van der Waals surface area contributed by atoms with Crippen molar-refractivity contribution in [1.82, 2.24) is 14.9 Å². The zero-order valence-corrected chi connectivity index (χ0v) is 18.2. The number of hydrogen-bond donors (Lipinski definition) is 2. The van der Waals surface area contributed by atoms with Gasteiger partial charge in [0.15, 0.2) is 0 Å². The maximum absolute atomic E-state index is 12.3. The minimum Gasteiger partial charge on any atom is -0.351 e. The van der Waals surface area contributed by atoms with Crippen molar-refractivity contribution in [3.05, 3.63) is 51.3 Å². The largest absolute Gasteiger partial charge is 0.351 e. The van der Waals surface area contributed by atoms with Crippen molar-refractivity contribution in [2.24, 2.45) is 0 Å². The molecule has 3 rings (SSSR count). The first-order valence-electron chi connectivity index (χ1n) is 8.82. The topological polar surface area (TPSA) is 78.5 Å². The molecule has 0 spiro atoms. The fourth-order valence-corrected chi connectivity index (χ4v) is 5.81. The van der Waals surface area contributed by atoms with Gasteiger partial charge in [-0.05, 0) is 42.0 Å². The molecule has 0 atom stereocenters. The molecule has 1 saturated heterocycles. The third kappa shape index (κ3) is 5.92. The Balaban J connectivity index is 1.42. The van der Waals surface area contributed by atoms with Gasteiger partial charge in [-0.1, -0.05) is 35.3 Å². The number of thiophene rings is 1. The third-order valence-electron chi connectivity index (χ3n) is 4.53. The lowest BCUT2D eigenvalue weighted by Crippen LogP contribution is -2.47. The summed E-state index contributed by atoms with van der Waals surface area (Å²) in [5, 5.41) is 5.67. The number of rotatable bonds is 7. The summed E-state index contributed by atoms with van der Waals surface area (Å²) >= 11 is 13.2. The quantitative estimate of drug-likeness (QED) is 0.663. The number of hydrogen-bond acceptors (Lipinski definition) is 5. The molecule has 1 aliphatic heterocycles. The smallest absolute Gasteiger partial charge is 0.250 e. The van der Waals surface area contributed by atoms with Gasteiger partial charge in [0.25, 0.3) is 0 Å². The molecule has 6 nitrogen and oxygen atoms in total. The predicted molar refractivity (Wildman–Crippen MR) is 112 cm³/mol. The van der Waals surface area contributed by atoms with Crippen LogP contribution in [0.2, 0.25) is 10.0 Å². The average Bonchev–Trinajstić information content (AvgIpc) is 3.18. The van der Waals surface area contributed by atoms with Crippen LogP contribution in [-0.2, 0) is 21.4 Å². The van der Waals surface area contributed by atoms with Gasteiger partial charge >= 0.3 is 0 Å². The lowest BCUT2D eigenvalue weighted by Gasteiger charge is -2.31. The van der Waals surface area contributed by atoms with Crippen LogP contribution >= 0.6 is 34.5 Å². The first-order valence-corrected chi connectivity index (χ1v) is 11.9. The molecular weight excluding hydrogens is 441 g/mol. The molecule has 1 fully saturated rings. The van der Waals surface area contributed by atoms with Crippen molar-refractivity contribution in [3.8, 4) is 0 Å². The molecule has 0 bridgehead atoms. The standard InChI is InChI=1S/C18H21Cl2N3O3S2/c19-14-4-3-13(16(20)10-14)11-21-17(24)12-23-7-5-15(6-8-23)22-28(25,26)18-2-1-9-27-18/h1-4,9-10,15,22H,5-8,11-12H2,(H,21,24). The first kappa shape index (κ1) is 21.5. The zero-order valence-electron chi connectivity index (χ0n) is 15.0. The Morgan fingerprint density at radius 1 is 1.21 bits per heavy atom. The van der Waals surface area contributed by atoms with Gasteiger partial charge < -0.3 is 5.32 Å². The van der Waals surface area contributed by atoms with E-state index in [9.17, 15) is 13.2 Å². The van der Waals surface area contributed by atoms with E-state index < -0.39 is 10.0 Å². The summed E-state index contributed by atoms with van der Waals surface area (Å²) in [5.74, 6) is -0.0939. The first-order chi connectivity index (χ1) is 13.3. The Hall–Kier alpha value is -1.16. The van der Waals surface area contributed by atoms with Gasteiger partial charge in [0.2, 0.25) is 15.9 Å². The van der Waals surface area contributed by atoms with Crippen molar-refractivity contribution in [2.75, 3.05) is 19.6 Å². The molecule has 0 radical (unpaired) electrons. The summed E-state index contributed by atoms with van der Waals surface area (Å²) in [6.07, 6.45) is 1.34. The molecule has 1 aromatic heterocycles. The molecule has 0 saturated carbocycles. The second kappa shape index (κ2) is 9.56. The van der Waals surface area contributed by atoms with Gasteiger partial charge in [-0.2, -0.15) is 0 Å². The van der Waals surface area contributed by atoms with Gasteiger partial charge in [0.05, 0.1) is 6.54 Å². The van der Waals surface area contributed by atoms with Crippen molar-refractivity contribution in [2.45, 2.75) is 29.6 Å². The third-order valence-corrected chi connectivity index (χ3v) is 8.03. The van der Waals surface area contributed by atoms with Gasteiger partial charge in [-0.25, -0.2) is 13.1 Å². The van der Waals surface area contributed by atoms with Crippen LogP contribution in [0.4, 0.5) is 0 Å². The average molecular weight is 462 g/mol. The predicted octanol–water partition coefficient (Wildman–Crippen LogP) is 3.11. The molecule has 1 aliphatic rings. The van der Waals surface area contributed by atoms with Crippen LogP contribution < -0.4 is 10.0 Å². The normalized spacial score (nSPS) is 16.2. The number of sulfonamides is 1. The molecule has 0 aliphatic carbocycles. The highest BCUT2D eigenvalue weighted by molar-refractivity contribution is 7.91. The number of nitrogens with one attached hydrogen (secondary N) is 2. The molecule has 0 unspecified atom stereocenters. The van der Waals surface area contributed by atoms with Crippen molar-refractivity contribution in [1.29, 1.82) is 0 Å². The summed E-state index contributed by atoms with van der Waals surface area (Å²) in [6.45, 7) is 1.93. The number of carbonyl (C=O) groups is 1. The molecule has 1 aromatic carbocycles. The Kier molecular flexibility index (Phi) is 7.36. The number of piperidine rings is 1. The molecular formula is C18H21Cl2N3O3S2. The molecule has 2 aromatic rings. The van der Waals surface area contributed by atoms with Crippen molar-refractivity contribution in [3.63, 3.8) is 0 Å². The molecule has 2 N–H and O–H groups in total. The summed E-state index contributed by atoms with van der Waals surface area (Å²) in [6, 6.07) is 8.37. The monoisotopic (exact) mass is 461 g/mol. The van der Waals surface area contributed by atoms with Gasteiger partial charge in [-0.15, -0.1) is 11.3 Å². The van der Waals surface area contributed by atoms with Gasteiger partial charge in [0, 0.05) is 35.7 Å². The second-order valence-corrected chi connectivity index (χ2v) is 10.3. The molecule has 10 heteroatoms. The maximum Gasteiger partial charge on any atom is 0.250 e. The molecule has 152 valence electrons. The van der Waals surface area contributed by atoms with Crippen LogP contribution in [0.25, 0.3) is 0 Å². The van der Waals surface area contributed by atoms with Gasteiger partial charge in [0.1, 0.15) is 4.21 Å². The second-order valence-electron chi connectivity index (χ2n) is 6.62. The minimum absolute atomic E-state index is 0.0939. The summed E-state index contributed by atoms with van der Waals surface area (Å²) in [7, 11) is -3.45. The highest BCUT2D eigenvalue weighted by Gasteiger charge is 2.25. The molecule has 2 heterocycles. The number of halogens is 2. The highest BCUT2D eigenvalue weighted by atomic mass is 35.5. The maximum atomic E-state index is 12.3. The lowest BCUT2D eigenvalue weighted by molar-refractivity contribution is -0.122. The SMILES string of the molecule is O=C(CN1CCC(NS(=O)(=O)c2cccs2)CC1)NCc1ccc(Cl)cc1Cl. The summed E-state index contributed by atoms with van der Waals surface area (Å²) in [5.41, 5.74) is 0.807. The fourth-order valence-electron chi connectivity index (χ4n) is 3.02. The number of likely N-dealkylation sites (tertiary alicyclic amines) is 1. The fraction of sp³-hybridized carbons (Fsp3) is 0.389.